The van der Waals surface area contributed by atoms with Gasteiger partial charge in [0.1, 0.15) is 6.07 Å². The van der Waals surface area contributed by atoms with Gasteiger partial charge in [0, 0.05) is 32.8 Å². The minimum Gasteiger partial charge on any atom is -0.369 e. The minimum absolute atomic E-state index is 0.0239. The second-order valence-electron chi connectivity index (χ2n) is 6.83. The van der Waals surface area contributed by atoms with Crippen molar-refractivity contribution in [3.63, 3.8) is 0 Å². The van der Waals surface area contributed by atoms with Crippen LogP contribution in [0, 0.1) is 11.3 Å². The average molecular weight is 343 g/mol. The predicted octanol–water partition coefficient (Wildman–Crippen LogP) is 3.00. The Hall–Kier alpha value is -1.61. The van der Waals surface area contributed by atoms with Crippen molar-refractivity contribution >= 4 is 5.69 Å². The van der Waals surface area contributed by atoms with Crippen molar-refractivity contribution < 1.29 is 9.47 Å². The summed E-state index contributed by atoms with van der Waals surface area (Å²) in [4.78, 5) is 4.87. The Morgan fingerprint density at radius 2 is 2.04 bits per heavy atom. The summed E-state index contributed by atoms with van der Waals surface area (Å²) in [5.41, 5.74) is 1.85. The number of anilines is 1. The first-order chi connectivity index (χ1) is 12.4. The van der Waals surface area contributed by atoms with Crippen LogP contribution >= 0.6 is 0 Å². The van der Waals surface area contributed by atoms with Gasteiger partial charge in [-0.15, -0.1) is 0 Å². The molecule has 0 N–H and O–H groups in total. The largest absolute Gasteiger partial charge is 0.369 e. The van der Waals surface area contributed by atoms with Gasteiger partial charge in [-0.05, 0) is 50.8 Å². The number of hydrogen-bond donors (Lipinski definition) is 0. The molecule has 0 radical (unpaired) electrons. The smallest absolute Gasteiger partial charge is 0.157 e. The van der Waals surface area contributed by atoms with Gasteiger partial charge in [0.15, 0.2) is 6.29 Å². The van der Waals surface area contributed by atoms with Gasteiger partial charge >= 0.3 is 0 Å². The van der Waals surface area contributed by atoms with Gasteiger partial charge in [0.2, 0.25) is 0 Å². The first-order valence-corrected chi connectivity index (χ1v) is 9.56. The zero-order valence-corrected chi connectivity index (χ0v) is 15.0. The van der Waals surface area contributed by atoms with E-state index in [4.69, 9.17) is 9.47 Å². The van der Waals surface area contributed by atoms with Gasteiger partial charge in [-0.2, -0.15) is 5.26 Å². The van der Waals surface area contributed by atoms with Crippen LogP contribution in [0.1, 0.15) is 37.7 Å². The predicted molar refractivity (Wildman–Crippen MR) is 98.6 cm³/mol. The molecule has 2 aliphatic rings. The lowest BCUT2D eigenvalue weighted by Gasteiger charge is -2.25. The molecule has 0 aliphatic carbocycles. The Balaban J connectivity index is 1.40. The van der Waals surface area contributed by atoms with Crippen molar-refractivity contribution in [3.05, 3.63) is 29.8 Å². The molecule has 2 saturated heterocycles. The average Bonchev–Trinajstić information content (AvgIpc) is 2.92. The topological polar surface area (TPSA) is 48.7 Å². The molecule has 1 atom stereocenters. The second kappa shape index (κ2) is 9.76. The number of ether oxygens (including phenoxy) is 2. The molecule has 0 aromatic heterocycles. The van der Waals surface area contributed by atoms with Gasteiger partial charge in [-0.25, -0.2) is 0 Å². The first-order valence-electron chi connectivity index (χ1n) is 9.56. The molecular weight excluding hydrogens is 314 g/mol. The SMILES string of the molecule is N#Cc1ccccc1N1CCCN(CCCO[C@@H]2CCCCO2)CC1. The van der Waals surface area contributed by atoms with Crippen molar-refractivity contribution in [1.82, 2.24) is 4.90 Å². The van der Waals surface area contributed by atoms with Crippen LogP contribution in [0.2, 0.25) is 0 Å². The molecule has 3 rings (SSSR count). The summed E-state index contributed by atoms with van der Waals surface area (Å²) in [6, 6.07) is 10.2. The summed E-state index contributed by atoms with van der Waals surface area (Å²) in [5.74, 6) is 0. The minimum atomic E-state index is 0.0239. The van der Waals surface area contributed by atoms with Crippen LogP contribution in [0.4, 0.5) is 5.69 Å². The van der Waals surface area contributed by atoms with Crippen molar-refractivity contribution in [2.75, 3.05) is 50.8 Å². The summed E-state index contributed by atoms with van der Waals surface area (Å²) >= 11 is 0. The van der Waals surface area contributed by atoms with E-state index in [0.29, 0.717) is 0 Å². The maximum absolute atomic E-state index is 9.31. The third-order valence-electron chi connectivity index (χ3n) is 5.01. The molecule has 0 saturated carbocycles. The van der Waals surface area contributed by atoms with Crippen LogP contribution in [-0.2, 0) is 9.47 Å². The highest BCUT2D eigenvalue weighted by Crippen LogP contribution is 2.21. The van der Waals surface area contributed by atoms with Gasteiger partial charge < -0.3 is 19.3 Å². The molecule has 5 nitrogen and oxygen atoms in total. The molecule has 0 unspecified atom stereocenters. The highest BCUT2D eigenvalue weighted by molar-refractivity contribution is 5.59. The Bertz CT molecular complexity index is 566. The maximum atomic E-state index is 9.31. The number of nitrogens with zero attached hydrogens (tertiary/aromatic N) is 3. The van der Waals surface area contributed by atoms with Crippen LogP contribution in [0.25, 0.3) is 0 Å². The van der Waals surface area contributed by atoms with E-state index >= 15 is 0 Å². The molecular formula is C20H29N3O2. The summed E-state index contributed by atoms with van der Waals surface area (Å²) in [7, 11) is 0. The normalized spacial score (nSPS) is 22.4. The fourth-order valence-electron chi connectivity index (χ4n) is 3.62. The van der Waals surface area contributed by atoms with Crippen molar-refractivity contribution in [1.29, 1.82) is 5.26 Å². The van der Waals surface area contributed by atoms with Crippen molar-refractivity contribution in [2.45, 2.75) is 38.4 Å². The third-order valence-corrected chi connectivity index (χ3v) is 5.01. The maximum Gasteiger partial charge on any atom is 0.157 e. The molecule has 2 aliphatic heterocycles. The molecule has 5 heteroatoms. The fraction of sp³-hybridized carbons (Fsp3) is 0.650. The van der Waals surface area contributed by atoms with Gasteiger partial charge in [-0.1, -0.05) is 12.1 Å². The van der Waals surface area contributed by atoms with Gasteiger partial charge in [0.25, 0.3) is 0 Å². The van der Waals surface area contributed by atoms with E-state index in [0.717, 1.165) is 76.5 Å². The standard InChI is InChI=1S/C20H29N3O2/c21-17-18-7-1-2-8-19(18)23-12-5-10-22(13-14-23)11-6-16-25-20-9-3-4-15-24-20/h1-2,7-8,20H,3-6,9-16H2/t20-/m1/s1. The number of nitriles is 1. The number of rotatable bonds is 6. The second-order valence-corrected chi connectivity index (χ2v) is 6.83. The molecule has 0 bridgehead atoms. The lowest BCUT2D eigenvalue weighted by molar-refractivity contribution is -0.163. The zero-order valence-electron chi connectivity index (χ0n) is 15.0. The lowest BCUT2D eigenvalue weighted by Crippen LogP contribution is -2.32. The number of para-hydroxylation sites is 1. The van der Waals surface area contributed by atoms with E-state index in [1.165, 1.54) is 12.8 Å². The third kappa shape index (κ3) is 5.43. The zero-order chi connectivity index (χ0) is 17.3. The summed E-state index contributed by atoms with van der Waals surface area (Å²) in [6.45, 7) is 6.84. The molecule has 136 valence electrons. The molecule has 25 heavy (non-hydrogen) atoms. The Labute approximate surface area is 151 Å². The van der Waals surface area contributed by atoms with Crippen molar-refractivity contribution in [2.24, 2.45) is 0 Å². The summed E-state index contributed by atoms with van der Waals surface area (Å²) < 4.78 is 11.4. The van der Waals surface area contributed by atoms with Crippen LogP contribution in [-0.4, -0.2) is 57.1 Å². The lowest BCUT2D eigenvalue weighted by atomic mass is 10.1. The highest BCUT2D eigenvalue weighted by Gasteiger charge is 2.17. The summed E-state index contributed by atoms with van der Waals surface area (Å²) in [6.07, 6.45) is 5.63. The number of hydrogen-bond acceptors (Lipinski definition) is 5. The fourth-order valence-corrected chi connectivity index (χ4v) is 3.62. The van der Waals surface area contributed by atoms with E-state index in [1.807, 2.05) is 18.2 Å². The molecule has 1 aromatic carbocycles. The first kappa shape index (κ1) is 18.2. The molecule has 2 heterocycles. The Morgan fingerprint density at radius 3 is 2.88 bits per heavy atom. The van der Waals surface area contributed by atoms with E-state index in [-0.39, 0.29) is 6.29 Å². The van der Waals surface area contributed by atoms with Crippen LogP contribution < -0.4 is 4.90 Å². The molecule has 2 fully saturated rings. The molecule has 0 spiro atoms. The van der Waals surface area contributed by atoms with E-state index in [1.54, 1.807) is 0 Å². The van der Waals surface area contributed by atoms with Crippen molar-refractivity contribution in [3.8, 4) is 6.07 Å². The monoisotopic (exact) mass is 343 g/mol. The van der Waals surface area contributed by atoms with Gasteiger partial charge in [-0.3, -0.25) is 0 Å². The van der Waals surface area contributed by atoms with Crippen LogP contribution in [0.5, 0.6) is 0 Å². The number of benzene rings is 1. The van der Waals surface area contributed by atoms with E-state index in [9.17, 15) is 5.26 Å². The van der Waals surface area contributed by atoms with E-state index in [2.05, 4.69) is 21.9 Å². The highest BCUT2D eigenvalue weighted by atomic mass is 16.7. The van der Waals surface area contributed by atoms with Gasteiger partial charge in [0.05, 0.1) is 17.9 Å². The Morgan fingerprint density at radius 1 is 1.12 bits per heavy atom. The van der Waals surface area contributed by atoms with Crippen LogP contribution in [0.3, 0.4) is 0 Å². The van der Waals surface area contributed by atoms with Crippen LogP contribution in [0.15, 0.2) is 24.3 Å². The Kier molecular flexibility index (Phi) is 7.10. The summed E-state index contributed by atoms with van der Waals surface area (Å²) in [5, 5.41) is 9.31. The molecule has 0 amide bonds. The molecule has 1 aromatic rings. The van der Waals surface area contributed by atoms with E-state index < -0.39 is 0 Å². The quantitative estimate of drug-likeness (QED) is 0.743.